The third-order valence-electron chi connectivity index (χ3n) is 3.86. The molecular weight excluding hydrogens is 312 g/mol. The Hall–Kier alpha value is -2.04. The number of rotatable bonds is 3. The van der Waals surface area contributed by atoms with Crippen LogP contribution in [0.25, 0.3) is 0 Å². The van der Waals surface area contributed by atoms with E-state index in [2.05, 4.69) is 5.32 Å². The summed E-state index contributed by atoms with van der Waals surface area (Å²) in [6.45, 7) is 2.17. The zero-order valence-electron chi connectivity index (χ0n) is 12.7. The maximum absolute atomic E-state index is 12.4. The molecule has 0 aromatic heterocycles. The van der Waals surface area contributed by atoms with Crippen LogP contribution in [0.3, 0.4) is 0 Å². The number of carbonyl (C=O) groups excluding carboxylic acids is 1. The predicted molar refractivity (Wildman–Crippen MR) is 90.4 cm³/mol. The van der Waals surface area contributed by atoms with Crippen molar-refractivity contribution >= 4 is 17.6 Å². The van der Waals surface area contributed by atoms with Gasteiger partial charge in [-0.05, 0) is 23.3 Å². The third kappa shape index (κ3) is 4.24. The summed E-state index contributed by atoms with van der Waals surface area (Å²) in [7, 11) is 0. The summed E-state index contributed by atoms with van der Waals surface area (Å²) in [6.07, 6.45) is -0.0677. The number of benzene rings is 2. The Morgan fingerprint density at radius 3 is 2.83 bits per heavy atom. The van der Waals surface area contributed by atoms with Crippen molar-refractivity contribution in [3.63, 3.8) is 0 Å². The summed E-state index contributed by atoms with van der Waals surface area (Å²) in [4.78, 5) is 14.2. The van der Waals surface area contributed by atoms with E-state index in [1.807, 2.05) is 54.6 Å². The van der Waals surface area contributed by atoms with Crippen molar-refractivity contribution in [1.29, 1.82) is 0 Å². The topological polar surface area (TPSA) is 41.6 Å². The molecule has 0 radical (unpaired) electrons. The molecule has 1 aliphatic rings. The van der Waals surface area contributed by atoms with E-state index in [4.69, 9.17) is 16.3 Å². The fourth-order valence-corrected chi connectivity index (χ4v) is 2.85. The van der Waals surface area contributed by atoms with E-state index in [1.54, 1.807) is 4.90 Å². The minimum atomic E-state index is -0.0748. The first-order valence-electron chi connectivity index (χ1n) is 7.66. The lowest BCUT2D eigenvalue weighted by Gasteiger charge is -2.33. The summed E-state index contributed by atoms with van der Waals surface area (Å²) in [6, 6.07) is 17.4. The lowest BCUT2D eigenvalue weighted by atomic mass is 10.1. The van der Waals surface area contributed by atoms with Crippen molar-refractivity contribution in [2.45, 2.75) is 12.6 Å². The van der Waals surface area contributed by atoms with Gasteiger partial charge < -0.3 is 15.0 Å². The minimum Gasteiger partial charge on any atom is -0.370 e. The van der Waals surface area contributed by atoms with Crippen LogP contribution in [0, 0.1) is 0 Å². The minimum absolute atomic E-state index is 0.0677. The molecule has 1 atom stereocenters. The SMILES string of the molecule is O=C(NCc1cccc(Cl)c1)N1CCOC(c2ccccc2)C1. The first-order chi connectivity index (χ1) is 11.2. The van der Waals surface area contributed by atoms with Crippen LogP contribution < -0.4 is 5.32 Å². The predicted octanol–water partition coefficient (Wildman–Crippen LogP) is 3.62. The highest BCUT2D eigenvalue weighted by Crippen LogP contribution is 2.21. The number of urea groups is 1. The van der Waals surface area contributed by atoms with Gasteiger partial charge in [0.2, 0.25) is 0 Å². The Morgan fingerprint density at radius 1 is 1.22 bits per heavy atom. The second kappa shape index (κ2) is 7.49. The van der Waals surface area contributed by atoms with Gasteiger partial charge in [-0.1, -0.05) is 54.1 Å². The van der Waals surface area contributed by atoms with Crippen LogP contribution in [0.1, 0.15) is 17.2 Å². The maximum atomic E-state index is 12.4. The number of nitrogens with one attached hydrogen (secondary N) is 1. The van der Waals surface area contributed by atoms with Crippen LogP contribution in [0.15, 0.2) is 54.6 Å². The van der Waals surface area contributed by atoms with Crippen molar-refractivity contribution in [2.75, 3.05) is 19.7 Å². The number of halogens is 1. The van der Waals surface area contributed by atoms with Gasteiger partial charge in [0, 0.05) is 18.1 Å². The number of hydrogen-bond donors (Lipinski definition) is 1. The molecule has 1 fully saturated rings. The molecule has 0 saturated carbocycles. The van der Waals surface area contributed by atoms with Crippen molar-refractivity contribution in [3.05, 3.63) is 70.7 Å². The zero-order valence-corrected chi connectivity index (χ0v) is 13.5. The van der Waals surface area contributed by atoms with Crippen LogP contribution in [0.5, 0.6) is 0 Å². The van der Waals surface area contributed by atoms with Gasteiger partial charge in [-0.25, -0.2) is 4.79 Å². The molecule has 1 saturated heterocycles. The van der Waals surface area contributed by atoms with Crippen LogP contribution in [0.2, 0.25) is 5.02 Å². The van der Waals surface area contributed by atoms with Gasteiger partial charge in [0.1, 0.15) is 6.10 Å². The van der Waals surface area contributed by atoms with E-state index in [9.17, 15) is 4.79 Å². The molecule has 3 rings (SSSR count). The third-order valence-corrected chi connectivity index (χ3v) is 4.09. The molecule has 1 heterocycles. The second-order valence-corrected chi connectivity index (χ2v) is 5.94. The highest BCUT2D eigenvalue weighted by Gasteiger charge is 2.25. The fourth-order valence-electron chi connectivity index (χ4n) is 2.64. The fraction of sp³-hybridized carbons (Fsp3) is 0.278. The van der Waals surface area contributed by atoms with E-state index < -0.39 is 0 Å². The normalized spacial score (nSPS) is 17.8. The highest BCUT2D eigenvalue weighted by molar-refractivity contribution is 6.30. The molecular formula is C18H19ClN2O2. The van der Waals surface area contributed by atoms with E-state index in [0.717, 1.165) is 11.1 Å². The van der Waals surface area contributed by atoms with Gasteiger partial charge >= 0.3 is 6.03 Å². The van der Waals surface area contributed by atoms with E-state index in [0.29, 0.717) is 31.3 Å². The number of morpholine rings is 1. The van der Waals surface area contributed by atoms with Crippen LogP contribution >= 0.6 is 11.6 Å². The van der Waals surface area contributed by atoms with E-state index in [1.165, 1.54) is 0 Å². The Morgan fingerprint density at radius 2 is 2.04 bits per heavy atom. The van der Waals surface area contributed by atoms with Crippen molar-refractivity contribution in [1.82, 2.24) is 10.2 Å². The highest BCUT2D eigenvalue weighted by atomic mass is 35.5. The molecule has 23 heavy (non-hydrogen) atoms. The molecule has 1 unspecified atom stereocenters. The lowest BCUT2D eigenvalue weighted by Crippen LogP contribution is -2.46. The number of carbonyl (C=O) groups is 1. The molecule has 1 aliphatic heterocycles. The zero-order chi connectivity index (χ0) is 16.1. The van der Waals surface area contributed by atoms with Gasteiger partial charge in [0.15, 0.2) is 0 Å². The average Bonchev–Trinajstić information content (AvgIpc) is 2.61. The van der Waals surface area contributed by atoms with Crippen molar-refractivity contribution in [2.24, 2.45) is 0 Å². The molecule has 2 aromatic carbocycles. The Balaban J connectivity index is 1.57. The van der Waals surface area contributed by atoms with Crippen molar-refractivity contribution < 1.29 is 9.53 Å². The quantitative estimate of drug-likeness (QED) is 0.933. The Kier molecular flexibility index (Phi) is 5.16. The van der Waals surface area contributed by atoms with Crippen LogP contribution in [-0.4, -0.2) is 30.6 Å². The average molecular weight is 331 g/mol. The number of hydrogen-bond acceptors (Lipinski definition) is 2. The largest absolute Gasteiger partial charge is 0.370 e. The number of amides is 2. The van der Waals surface area contributed by atoms with Gasteiger partial charge in [-0.15, -0.1) is 0 Å². The summed E-state index contributed by atoms with van der Waals surface area (Å²) in [5, 5.41) is 3.61. The first kappa shape index (κ1) is 15.8. The standard InChI is InChI=1S/C18H19ClN2O2/c19-16-8-4-5-14(11-16)12-20-18(22)21-9-10-23-17(13-21)15-6-2-1-3-7-15/h1-8,11,17H,9-10,12-13H2,(H,20,22). The smallest absolute Gasteiger partial charge is 0.317 e. The molecule has 2 amide bonds. The van der Waals surface area contributed by atoms with Gasteiger partial charge in [0.05, 0.1) is 13.2 Å². The molecule has 0 bridgehead atoms. The van der Waals surface area contributed by atoms with Gasteiger partial charge in [-0.3, -0.25) is 0 Å². The van der Waals surface area contributed by atoms with E-state index >= 15 is 0 Å². The Bertz CT molecular complexity index is 663. The van der Waals surface area contributed by atoms with Crippen LogP contribution in [0.4, 0.5) is 4.79 Å². The monoisotopic (exact) mass is 330 g/mol. The molecule has 1 N–H and O–H groups in total. The molecule has 120 valence electrons. The van der Waals surface area contributed by atoms with Crippen LogP contribution in [-0.2, 0) is 11.3 Å². The number of nitrogens with zero attached hydrogens (tertiary/aromatic N) is 1. The summed E-state index contributed by atoms with van der Waals surface area (Å²) in [5.74, 6) is 0. The summed E-state index contributed by atoms with van der Waals surface area (Å²) in [5.41, 5.74) is 2.08. The molecule has 4 nitrogen and oxygen atoms in total. The van der Waals surface area contributed by atoms with Crippen molar-refractivity contribution in [3.8, 4) is 0 Å². The lowest BCUT2D eigenvalue weighted by molar-refractivity contribution is -0.0154. The first-order valence-corrected chi connectivity index (χ1v) is 8.04. The molecule has 0 spiro atoms. The molecule has 0 aliphatic carbocycles. The number of ether oxygens (including phenoxy) is 1. The maximum Gasteiger partial charge on any atom is 0.317 e. The molecule has 5 heteroatoms. The summed E-state index contributed by atoms with van der Waals surface area (Å²) >= 11 is 5.96. The summed E-state index contributed by atoms with van der Waals surface area (Å²) < 4.78 is 5.78. The van der Waals surface area contributed by atoms with Gasteiger partial charge in [-0.2, -0.15) is 0 Å². The second-order valence-electron chi connectivity index (χ2n) is 5.50. The van der Waals surface area contributed by atoms with Gasteiger partial charge in [0.25, 0.3) is 0 Å². The molecule has 2 aromatic rings. The van der Waals surface area contributed by atoms with E-state index in [-0.39, 0.29) is 12.1 Å². The Labute approximate surface area is 141 Å².